The molecule has 2 amide bonds. The molecule has 1 aromatic heterocycles. The second-order valence-electron chi connectivity index (χ2n) is 8.12. The lowest BCUT2D eigenvalue weighted by atomic mass is 9.98. The van der Waals surface area contributed by atoms with Gasteiger partial charge in [0.2, 0.25) is 0 Å². The normalized spacial score (nSPS) is 20.2. The minimum absolute atomic E-state index is 0.102. The molecule has 0 bridgehead atoms. The molecule has 3 heterocycles. The quantitative estimate of drug-likeness (QED) is 0.193. The molecule has 0 spiro atoms. The van der Waals surface area contributed by atoms with Crippen LogP contribution in [-0.2, 0) is 36.6 Å². The summed E-state index contributed by atoms with van der Waals surface area (Å²) in [7, 11) is 1.47. The van der Waals surface area contributed by atoms with Gasteiger partial charge < -0.3 is 21.0 Å². The van der Waals surface area contributed by atoms with Gasteiger partial charge in [-0.15, -0.1) is 23.1 Å². The molecule has 3 atom stereocenters. The molecule has 1 fully saturated rings. The summed E-state index contributed by atoms with van der Waals surface area (Å²) in [6.07, 6.45) is 0.271. The van der Waals surface area contributed by atoms with Gasteiger partial charge >= 0.3 is 5.97 Å². The van der Waals surface area contributed by atoms with E-state index < -0.39 is 40.2 Å². The smallest absolute Gasteiger partial charge is 0.352 e. The summed E-state index contributed by atoms with van der Waals surface area (Å²) in [6.45, 7) is 1.87. The molecule has 2 aliphatic heterocycles. The van der Waals surface area contributed by atoms with Gasteiger partial charge in [0.15, 0.2) is 10.8 Å². The van der Waals surface area contributed by atoms with Crippen LogP contribution in [0.15, 0.2) is 44.9 Å². The molecule has 0 aliphatic carbocycles. The number of carbonyl (C=O) groups excluding carboxylic acids is 2. The van der Waals surface area contributed by atoms with Crippen LogP contribution in [0, 0.1) is 6.92 Å². The molecule has 2 aromatic rings. The first-order valence-electron chi connectivity index (χ1n) is 10.9. The number of nitrogens with one attached hydrogen (secondary N) is 2. The van der Waals surface area contributed by atoms with Crippen molar-refractivity contribution < 1.29 is 28.5 Å². The van der Waals surface area contributed by atoms with E-state index in [2.05, 4.69) is 20.2 Å². The Kier molecular flexibility index (Phi) is 7.96. The van der Waals surface area contributed by atoms with Crippen molar-refractivity contribution in [3.8, 4) is 0 Å². The number of thioether (sulfide) groups is 1. The maximum absolute atomic E-state index is 13.0. The highest BCUT2D eigenvalue weighted by Crippen LogP contribution is 2.41. The van der Waals surface area contributed by atoms with Crippen LogP contribution in [0.3, 0.4) is 0 Å². The van der Waals surface area contributed by atoms with Crippen molar-refractivity contribution in [1.29, 1.82) is 0 Å². The molecule has 3 unspecified atom stereocenters. The van der Waals surface area contributed by atoms with Crippen molar-refractivity contribution in [2.75, 3.05) is 25.6 Å². The number of oxime groups is 1. The predicted molar refractivity (Wildman–Crippen MR) is 140 cm³/mol. The number of carbonyl (C=O) groups is 3. The predicted octanol–water partition coefficient (Wildman–Crippen LogP) is 0.608. The number of amides is 2. The zero-order valence-electron chi connectivity index (χ0n) is 20.0. The summed E-state index contributed by atoms with van der Waals surface area (Å²) in [4.78, 5) is 48.7. The number of aliphatic carboxylic acids is 1. The third-order valence-corrected chi connectivity index (χ3v) is 8.67. The van der Waals surface area contributed by atoms with E-state index in [1.54, 1.807) is 19.2 Å². The fourth-order valence-electron chi connectivity index (χ4n) is 4.12. The van der Waals surface area contributed by atoms with E-state index in [1.807, 2.05) is 13.0 Å². The first kappa shape index (κ1) is 26.8. The molecular weight excluding hydrogens is 540 g/mol. The van der Waals surface area contributed by atoms with E-state index in [1.165, 1.54) is 29.2 Å². The largest absolute Gasteiger partial charge is 0.477 e. The Hall–Kier alpha value is -3.27. The van der Waals surface area contributed by atoms with Crippen molar-refractivity contribution in [3.63, 3.8) is 0 Å². The Morgan fingerprint density at radius 1 is 1.38 bits per heavy atom. The van der Waals surface area contributed by atoms with Gasteiger partial charge in [-0.1, -0.05) is 11.2 Å². The van der Waals surface area contributed by atoms with Gasteiger partial charge in [0.25, 0.3) is 11.8 Å². The van der Waals surface area contributed by atoms with Crippen LogP contribution in [0.4, 0.5) is 5.13 Å². The number of aryl methyl sites for hydroxylation is 1. The SMILES string of the molecule is CNS(=O)c1cc(C)cc(CC2=C(C(=O)O)N3C(=O)C(NC(=O)/C(=N\OC)c4csc(N)n4)C3SC2)c1. The first-order valence-corrected chi connectivity index (χ1v) is 14.0. The maximum Gasteiger partial charge on any atom is 0.352 e. The Balaban J connectivity index is 1.55. The van der Waals surface area contributed by atoms with Gasteiger partial charge in [0, 0.05) is 11.1 Å². The highest BCUT2D eigenvalue weighted by Gasteiger charge is 2.54. The molecule has 4 rings (SSSR count). The number of β-lactam (4-membered cyclic amide) rings is 1. The average Bonchev–Trinajstić information content (AvgIpc) is 3.29. The monoisotopic (exact) mass is 564 g/mol. The van der Waals surface area contributed by atoms with Crippen molar-refractivity contribution in [3.05, 3.63) is 51.7 Å². The van der Waals surface area contributed by atoms with Crippen LogP contribution < -0.4 is 15.8 Å². The Morgan fingerprint density at radius 3 is 2.76 bits per heavy atom. The highest BCUT2D eigenvalue weighted by molar-refractivity contribution is 8.00. The Labute approximate surface area is 222 Å². The number of carboxylic acids is 1. The summed E-state index contributed by atoms with van der Waals surface area (Å²) in [5.41, 5.74) is 7.82. The van der Waals surface area contributed by atoms with Gasteiger partial charge in [-0.25, -0.2) is 18.7 Å². The van der Waals surface area contributed by atoms with Gasteiger partial charge in [-0.2, -0.15) is 0 Å². The van der Waals surface area contributed by atoms with Crippen molar-refractivity contribution in [1.82, 2.24) is 19.9 Å². The molecule has 0 radical (unpaired) electrons. The number of aromatic nitrogens is 1. The number of nitrogen functional groups attached to an aromatic ring is 1. The van der Waals surface area contributed by atoms with Gasteiger partial charge in [-0.3, -0.25) is 14.5 Å². The van der Waals surface area contributed by atoms with Gasteiger partial charge in [0.05, 0.1) is 4.90 Å². The molecule has 0 saturated carbocycles. The van der Waals surface area contributed by atoms with Crippen molar-refractivity contribution in [2.45, 2.75) is 29.7 Å². The number of rotatable bonds is 9. The second-order valence-corrected chi connectivity index (χ2v) is 11.5. The summed E-state index contributed by atoms with van der Waals surface area (Å²) in [5, 5.41) is 17.5. The molecule has 1 aromatic carbocycles. The molecular formula is C22H24N6O6S3. The average molecular weight is 565 g/mol. The fraction of sp³-hybridized carbons (Fsp3) is 0.318. The van der Waals surface area contributed by atoms with Crippen LogP contribution in [0.5, 0.6) is 0 Å². The minimum Gasteiger partial charge on any atom is -0.477 e. The first-order chi connectivity index (χ1) is 17.6. The minimum atomic E-state index is -1.39. The molecule has 12 nitrogen and oxygen atoms in total. The van der Waals surface area contributed by atoms with E-state index >= 15 is 0 Å². The summed E-state index contributed by atoms with van der Waals surface area (Å²) in [6, 6.07) is 4.49. The molecule has 37 heavy (non-hydrogen) atoms. The molecule has 5 N–H and O–H groups in total. The highest BCUT2D eigenvalue weighted by atomic mass is 32.2. The van der Waals surface area contributed by atoms with Gasteiger partial charge in [-0.05, 0) is 49.2 Å². The number of nitrogens with zero attached hydrogens (tertiary/aromatic N) is 3. The van der Waals surface area contributed by atoms with E-state index in [0.29, 0.717) is 16.2 Å². The van der Waals surface area contributed by atoms with Crippen LogP contribution >= 0.6 is 23.1 Å². The number of benzene rings is 1. The number of hydrogen-bond donors (Lipinski definition) is 4. The number of fused-ring (bicyclic) bond motifs is 1. The number of anilines is 1. The van der Waals surface area contributed by atoms with Crippen LogP contribution in [0.25, 0.3) is 0 Å². The maximum atomic E-state index is 13.0. The standard InChI is InChI=1S/C22H24N6O6S3/c1-10-4-11(7-13(5-10)37(33)24-2)6-12-8-35-20-16(19(30)28(20)17(12)21(31)32)26-18(29)15(27-34-3)14-9-36-22(23)25-14/h4-5,7,9,16,20,24H,6,8H2,1-3H3,(H2,23,25)(H,26,29)(H,31,32)/b27-15-. The van der Waals surface area contributed by atoms with Crippen LogP contribution in [-0.4, -0.2) is 74.0 Å². The third-order valence-electron chi connectivity index (χ3n) is 5.63. The van der Waals surface area contributed by atoms with Crippen LogP contribution in [0.1, 0.15) is 16.8 Å². The lowest BCUT2D eigenvalue weighted by Crippen LogP contribution is -2.71. The Morgan fingerprint density at radius 2 is 2.14 bits per heavy atom. The summed E-state index contributed by atoms with van der Waals surface area (Å²) in [5.74, 6) is -2.13. The third kappa shape index (κ3) is 5.39. The molecule has 196 valence electrons. The topological polar surface area (TPSA) is 176 Å². The van der Waals surface area contributed by atoms with E-state index in [-0.39, 0.29) is 28.7 Å². The van der Waals surface area contributed by atoms with Crippen molar-refractivity contribution in [2.24, 2.45) is 5.16 Å². The Bertz CT molecular complexity index is 1360. The lowest BCUT2D eigenvalue weighted by molar-refractivity contribution is -0.150. The van der Waals surface area contributed by atoms with Gasteiger partial charge in [0.1, 0.15) is 40.9 Å². The summed E-state index contributed by atoms with van der Waals surface area (Å²) >= 11 is 2.47. The van der Waals surface area contributed by atoms with E-state index in [4.69, 9.17) is 10.6 Å². The number of nitrogens with two attached hydrogens (primary N) is 1. The number of hydrogen-bond acceptors (Lipinski definition) is 10. The fourth-order valence-corrected chi connectivity index (χ4v) is 6.80. The van der Waals surface area contributed by atoms with E-state index in [0.717, 1.165) is 22.5 Å². The van der Waals surface area contributed by atoms with Crippen LogP contribution in [0.2, 0.25) is 0 Å². The molecule has 2 aliphatic rings. The summed E-state index contributed by atoms with van der Waals surface area (Å²) < 4.78 is 14.9. The second kappa shape index (κ2) is 11.0. The molecule has 15 heteroatoms. The zero-order valence-corrected chi connectivity index (χ0v) is 22.5. The lowest BCUT2D eigenvalue weighted by Gasteiger charge is -2.49. The zero-order chi connectivity index (χ0) is 26.9. The van der Waals surface area contributed by atoms with Crippen molar-refractivity contribution >= 4 is 62.7 Å². The number of carboxylic acid groups (broad SMARTS) is 1. The molecule has 1 saturated heterocycles. The number of thiazole rings is 1. The van der Waals surface area contributed by atoms with E-state index in [9.17, 15) is 23.7 Å².